The smallest absolute Gasteiger partial charge is 0.168 e. The number of hydrogen-bond acceptors (Lipinski definition) is 5. The summed E-state index contributed by atoms with van der Waals surface area (Å²) < 4.78 is 0. The second-order valence-electron chi connectivity index (χ2n) is 3.95. The largest absolute Gasteiger partial charge is 0.381 e. The fraction of sp³-hybridized carbons (Fsp3) is 0.636. The zero-order valence-electron chi connectivity index (χ0n) is 10.3. The summed E-state index contributed by atoms with van der Waals surface area (Å²) in [6, 6.07) is 0.598. The van der Waals surface area contributed by atoms with E-state index in [1.54, 1.807) is 12.4 Å². The molecule has 1 heterocycles. The molecule has 1 atom stereocenters. The van der Waals surface area contributed by atoms with Gasteiger partial charge in [0, 0.05) is 31.5 Å². The highest BCUT2D eigenvalue weighted by Gasteiger charge is 2.06. The van der Waals surface area contributed by atoms with Crippen LogP contribution in [-0.4, -0.2) is 41.0 Å². The van der Waals surface area contributed by atoms with Crippen molar-refractivity contribution in [3.05, 3.63) is 12.4 Å². The van der Waals surface area contributed by atoms with Crippen LogP contribution in [0.25, 0.3) is 0 Å². The lowest BCUT2D eigenvalue weighted by Gasteiger charge is -2.23. The predicted octanol–water partition coefficient (Wildman–Crippen LogP) is 1.20. The molecule has 0 aliphatic heterocycles. The van der Waals surface area contributed by atoms with Gasteiger partial charge in [0.15, 0.2) is 11.6 Å². The summed E-state index contributed by atoms with van der Waals surface area (Å²) in [6.07, 6.45) is 4.38. The Morgan fingerprint density at radius 2 is 2.12 bits per heavy atom. The Morgan fingerprint density at radius 1 is 1.44 bits per heavy atom. The normalized spacial score (nSPS) is 12.8. The molecule has 90 valence electrons. The number of rotatable bonds is 6. The number of nitrogen functional groups attached to an aromatic ring is 1. The van der Waals surface area contributed by atoms with E-state index >= 15 is 0 Å². The van der Waals surface area contributed by atoms with Crippen molar-refractivity contribution in [2.24, 2.45) is 0 Å². The van der Waals surface area contributed by atoms with Gasteiger partial charge < -0.3 is 16.0 Å². The zero-order chi connectivity index (χ0) is 12.0. The van der Waals surface area contributed by atoms with Gasteiger partial charge in [0.05, 0.1) is 0 Å². The average Bonchev–Trinajstić information content (AvgIpc) is 2.30. The summed E-state index contributed by atoms with van der Waals surface area (Å²) in [4.78, 5) is 10.4. The van der Waals surface area contributed by atoms with Crippen LogP contribution < -0.4 is 11.1 Å². The summed E-state index contributed by atoms with van der Waals surface area (Å²) in [7, 11) is 2.12. The summed E-state index contributed by atoms with van der Waals surface area (Å²) in [5.41, 5.74) is 5.67. The van der Waals surface area contributed by atoms with E-state index in [9.17, 15) is 0 Å². The molecule has 16 heavy (non-hydrogen) atoms. The van der Waals surface area contributed by atoms with Crippen LogP contribution >= 0.6 is 0 Å². The minimum absolute atomic E-state index is 0.452. The number of aromatic nitrogens is 2. The number of anilines is 2. The van der Waals surface area contributed by atoms with Gasteiger partial charge in [-0.15, -0.1) is 0 Å². The lowest BCUT2D eigenvalue weighted by Crippen LogP contribution is -2.32. The maximum atomic E-state index is 5.67. The van der Waals surface area contributed by atoms with E-state index in [-0.39, 0.29) is 0 Å². The van der Waals surface area contributed by atoms with Crippen LogP contribution in [0, 0.1) is 0 Å². The van der Waals surface area contributed by atoms with Crippen molar-refractivity contribution >= 4 is 11.6 Å². The van der Waals surface area contributed by atoms with E-state index in [0.29, 0.717) is 17.7 Å². The first-order valence-corrected chi connectivity index (χ1v) is 5.65. The van der Waals surface area contributed by atoms with Gasteiger partial charge in [-0.25, -0.2) is 9.97 Å². The van der Waals surface area contributed by atoms with Crippen molar-refractivity contribution in [2.45, 2.75) is 26.3 Å². The van der Waals surface area contributed by atoms with Gasteiger partial charge in [0.1, 0.15) is 0 Å². The molecule has 1 aromatic rings. The van der Waals surface area contributed by atoms with Gasteiger partial charge in [-0.3, -0.25) is 0 Å². The SMILES string of the molecule is CCC(C)N(C)CCNc1nccnc1N. The molecule has 0 bridgehead atoms. The van der Waals surface area contributed by atoms with Gasteiger partial charge in [-0.1, -0.05) is 6.92 Å². The molecule has 0 spiro atoms. The predicted molar refractivity (Wildman–Crippen MR) is 67.3 cm³/mol. The molecular formula is C11H21N5. The first-order chi connectivity index (χ1) is 7.65. The first-order valence-electron chi connectivity index (χ1n) is 5.65. The lowest BCUT2D eigenvalue weighted by molar-refractivity contribution is 0.261. The van der Waals surface area contributed by atoms with Gasteiger partial charge in [-0.05, 0) is 20.4 Å². The quantitative estimate of drug-likeness (QED) is 0.758. The van der Waals surface area contributed by atoms with Crippen LogP contribution in [0.5, 0.6) is 0 Å². The van der Waals surface area contributed by atoms with E-state index in [1.807, 2.05) is 0 Å². The van der Waals surface area contributed by atoms with Crippen molar-refractivity contribution in [1.82, 2.24) is 14.9 Å². The molecule has 0 amide bonds. The fourth-order valence-corrected chi connectivity index (χ4v) is 1.37. The minimum atomic E-state index is 0.452. The van der Waals surface area contributed by atoms with Gasteiger partial charge in [-0.2, -0.15) is 0 Å². The molecule has 0 radical (unpaired) electrons. The van der Waals surface area contributed by atoms with Crippen molar-refractivity contribution < 1.29 is 0 Å². The van der Waals surface area contributed by atoms with Crippen molar-refractivity contribution in [2.75, 3.05) is 31.2 Å². The third-order valence-corrected chi connectivity index (χ3v) is 2.83. The van der Waals surface area contributed by atoms with Crippen molar-refractivity contribution in [1.29, 1.82) is 0 Å². The summed E-state index contributed by atoms with van der Waals surface area (Å²) in [6.45, 7) is 6.20. The first kappa shape index (κ1) is 12.7. The van der Waals surface area contributed by atoms with Crippen molar-refractivity contribution in [3.63, 3.8) is 0 Å². The van der Waals surface area contributed by atoms with E-state index < -0.39 is 0 Å². The van der Waals surface area contributed by atoms with E-state index in [2.05, 4.69) is 41.1 Å². The third kappa shape index (κ3) is 3.66. The molecule has 0 saturated carbocycles. The molecule has 3 N–H and O–H groups in total. The van der Waals surface area contributed by atoms with Crippen LogP contribution in [0.3, 0.4) is 0 Å². The number of nitrogens with zero attached hydrogens (tertiary/aromatic N) is 3. The summed E-state index contributed by atoms with van der Waals surface area (Å²) in [5.74, 6) is 1.12. The molecule has 0 aliphatic carbocycles. The maximum Gasteiger partial charge on any atom is 0.168 e. The van der Waals surface area contributed by atoms with Crippen LogP contribution in [0.4, 0.5) is 11.6 Å². The average molecular weight is 223 g/mol. The fourth-order valence-electron chi connectivity index (χ4n) is 1.37. The minimum Gasteiger partial charge on any atom is -0.381 e. The molecule has 0 aliphatic rings. The topological polar surface area (TPSA) is 67.1 Å². The van der Waals surface area contributed by atoms with Crippen LogP contribution in [-0.2, 0) is 0 Å². The maximum absolute atomic E-state index is 5.67. The second kappa shape index (κ2) is 6.27. The highest BCUT2D eigenvalue weighted by molar-refractivity contribution is 5.54. The Morgan fingerprint density at radius 3 is 2.75 bits per heavy atom. The van der Waals surface area contributed by atoms with E-state index in [1.165, 1.54) is 0 Å². The number of hydrogen-bond donors (Lipinski definition) is 2. The molecule has 5 nitrogen and oxygen atoms in total. The molecule has 5 heteroatoms. The van der Waals surface area contributed by atoms with Crippen molar-refractivity contribution in [3.8, 4) is 0 Å². The van der Waals surface area contributed by atoms with E-state index in [4.69, 9.17) is 5.73 Å². The standard InChI is InChI=1S/C11H21N5/c1-4-9(2)16(3)8-7-15-11-10(12)13-5-6-14-11/h5-6,9H,4,7-8H2,1-3H3,(H2,12,13)(H,14,15). The number of likely N-dealkylation sites (N-methyl/N-ethyl adjacent to an activating group) is 1. The molecule has 1 aromatic heterocycles. The Kier molecular flexibility index (Phi) is 4.98. The van der Waals surface area contributed by atoms with Crippen LogP contribution in [0.1, 0.15) is 20.3 Å². The molecule has 0 fully saturated rings. The van der Waals surface area contributed by atoms with Gasteiger partial charge in [0.2, 0.25) is 0 Å². The monoisotopic (exact) mass is 223 g/mol. The third-order valence-electron chi connectivity index (χ3n) is 2.83. The molecule has 0 saturated heterocycles. The highest BCUT2D eigenvalue weighted by Crippen LogP contribution is 2.08. The molecule has 0 aromatic carbocycles. The summed E-state index contributed by atoms with van der Waals surface area (Å²) in [5, 5.41) is 3.18. The number of nitrogens with two attached hydrogens (primary N) is 1. The van der Waals surface area contributed by atoms with Gasteiger partial charge >= 0.3 is 0 Å². The molecular weight excluding hydrogens is 202 g/mol. The summed E-state index contributed by atoms with van der Waals surface area (Å²) >= 11 is 0. The Balaban J connectivity index is 2.33. The van der Waals surface area contributed by atoms with Crippen LogP contribution in [0.2, 0.25) is 0 Å². The second-order valence-corrected chi connectivity index (χ2v) is 3.95. The van der Waals surface area contributed by atoms with Crippen LogP contribution in [0.15, 0.2) is 12.4 Å². The zero-order valence-corrected chi connectivity index (χ0v) is 10.3. The molecule has 1 unspecified atom stereocenters. The Bertz CT molecular complexity index is 315. The van der Waals surface area contributed by atoms with E-state index in [0.717, 1.165) is 19.5 Å². The highest BCUT2D eigenvalue weighted by atomic mass is 15.1. The van der Waals surface area contributed by atoms with Gasteiger partial charge in [0.25, 0.3) is 0 Å². The Labute approximate surface area is 97.1 Å². The lowest BCUT2D eigenvalue weighted by atomic mass is 10.2. The number of nitrogens with one attached hydrogen (secondary N) is 1. The Hall–Kier alpha value is -1.36. The molecule has 1 rings (SSSR count).